The number of rotatable bonds is 5. The number of aromatic amines is 1. The van der Waals surface area contributed by atoms with E-state index in [0.717, 1.165) is 17.7 Å². The standard InChI is InChI=1S/C19H20N2O4/c1-25-17-8-3-2-5-12(17)9-10-20-18(23)14-11-13-15(21-19(14)24)6-4-7-16(13)22/h2-3,5,8,11H,4,6-7,9-10H2,1H3,(H,20,23)(H,21,24). The minimum Gasteiger partial charge on any atom is -0.496 e. The van der Waals surface area contributed by atoms with E-state index in [2.05, 4.69) is 10.3 Å². The van der Waals surface area contributed by atoms with E-state index in [9.17, 15) is 14.4 Å². The number of ether oxygens (including phenoxy) is 1. The van der Waals surface area contributed by atoms with Crippen LogP contribution in [0.4, 0.5) is 0 Å². The van der Waals surface area contributed by atoms with Crippen LogP contribution in [0.3, 0.4) is 0 Å². The lowest BCUT2D eigenvalue weighted by Gasteiger charge is -2.15. The van der Waals surface area contributed by atoms with Crippen LogP contribution < -0.4 is 15.6 Å². The van der Waals surface area contributed by atoms with Crippen LogP contribution in [-0.2, 0) is 12.8 Å². The summed E-state index contributed by atoms with van der Waals surface area (Å²) in [7, 11) is 1.60. The van der Waals surface area contributed by atoms with E-state index in [4.69, 9.17) is 4.74 Å². The minimum absolute atomic E-state index is 0.0194. The number of hydrogen-bond acceptors (Lipinski definition) is 4. The number of aromatic nitrogens is 1. The normalized spacial score (nSPS) is 13.2. The number of aryl methyl sites for hydroxylation is 1. The number of para-hydroxylation sites is 1. The van der Waals surface area contributed by atoms with Gasteiger partial charge in [0.25, 0.3) is 11.5 Å². The van der Waals surface area contributed by atoms with E-state index in [1.807, 2.05) is 24.3 Å². The molecule has 0 radical (unpaired) electrons. The zero-order chi connectivity index (χ0) is 17.8. The molecule has 1 amide bonds. The summed E-state index contributed by atoms with van der Waals surface area (Å²) < 4.78 is 5.28. The molecular weight excluding hydrogens is 320 g/mol. The fraction of sp³-hybridized carbons (Fsp3) is 0.316. The van der Waals surface area contributed by atoms with Gasteiger partial charge < -0.3 is 15.0 Å². The molecule has 1 heterocycles. The third-order valence-corrected chi connectivity index (χ3v) is 4.37. The van der Waals surface area contributed by atoms with Gasteiger partial charge in [-0.15, -0.1) is 0 Å². The van der Waals surface area contributed by atoms with Crippen LogP contribution in [-0.4, -0.2) is 30.3 Å². The van der Waals surface area contributed by atoms with Crippen LogP contribution in [0.5, 0.6) is 5.75 Å². The van der Waals surface area contributed by atoms with Crippen molar-refractivity contribution in [3.05, 3.63) is 63.1 Å². The maximum atomic E-state index is 12.3. The molecule has 0 unspecified atom stereocenters. The second kappa shape index (κ2) is 7.34. The number of hydrogen-bond donors (Lipinski definition) is 2. The van der Waals surface area contributed by atoms with Crippen molar-refractivity contribution in [1.82, 2.24) is 10.3 Å². The van der Waals surface area contributed by atoms with E-state index in [1.54, 1.807) is 7.11 Å². The number of amides is 1. The Morgan fingerprint density at radius 1 is 1.24 bits per heavy atom. The molecule has 1 aromatic heterocycles. The largest absolute Gasteiger partial charge is 0.496 e. The lowest BCUT2D eigenvalue weighted by atomic mass is 9.93. The molecule has 2 aromatic rings. The number of carbonyl (C=O) groups is 2. The van der Waals surface area contributed by atoms with E-state index in [-0.39, 0.29) is 11.3 Å². The summed E-state index contributed by atoms with van der Waals surface area (Å²) in [6.45, 7) is 0.365. The highest BCUT2D eigenvalue weighted by Crippen LogP contribution is 2.19. The van der Waals surface area contributed by atoms with Crippen molar-refractivity contribution in [2.24, 2.45) is 0 Å². The Bertz CT molecular complexity index is 870. The number of carbonyl (C=O) groups excluding carboxylic acids is 2. The highest BCUT2D eigenvalue weighted by Gasteiger charge is 2.21. The van der Waals surface area contributed by atoms with Crippen LogP contribution in [0, 0.1) is 0 Å². The van der Waals surface area contributed by atoms with Crippen LogP contribution in [0.25, 0.3) is 0 Å². The number of methoxy groups -OCH3 is 1. The summed E-state index contributed by atoms with van der Waals surface area (Å²) in [6, 6.07) is 8.99. The quantitative estimate of drug-likeness (QED) is 0.870. The van der Waals surface area contributed by atoms with Gasteiger partial charge in [0, 0.05) is 24.2 Å². The third kappa shape index (κ3) is 3.63. The van der Waals surface area contributed by atoms with Crippen molar-refractivity contribution in [2.75, 3.05) is 13.7 Å². The predicted octanol–water partition coefficient (Wildman–Crippen LogP) is 1.87. The van der Waals surface area contributed by atoms with Gasteiger partial charge in [-0.3, -0.25) is 14.4 Å². The zero-order valence-electron chi connectivity index (χ0n) is 14.1. The third-order valence-electron chi connectivity index (χ3n) is 4.37. The van der Waals surface area contributed by atoms with E-state index in [1.165, 1.54) is 6.07 Å². The zero-order valence-corrected chi connectivity index (χ0v) is 14.1. The van der Waals surface area contributed by atoms with Gasteiger partial charge in [-0.2, -0.15) is 0 Å². The summed E-state index contributed by atoms with van der Waals surface area (Å²) in [5, 5.41) is 2.74. The molecule has 1 aromatic carbocycles. The van der Waals surface area contributed by atoms with E-state index < -0.39 is 11.5 Å². The molecule has 0 atom stereocenters. The van der Waals surface area contributed by atoms with Crippen LogP contribution >= 0.6 is 0 Å². The smallest absolute Gasteiger partial charge is 0.261 e. The topological polar surface area (TPSA) is 88.3 Å². The van der Waals surface area contributed by atoms with Crippen molar-refractivity contribution in [3.8, 4) is 5.75 Å². The Morgan fingerprint density at radius 3 is 2.84 bits per heavy atom. The molecule has 0 aliphatic heterocycles. The van der Waals surface area contributed by atoms with Gasteiger partial charge in [-0.05, 0) is 37.0 Å². The molecule has 2 N–H and O–H groups in total. The minimum atomic E-state index is -0.475. The molecule has 6 nitrogen and oxygen atoms in total. The highest BCUT2D eigenvalue weighted by atomic mass is 16.5. The highest BCUT2D eigenvalue weighted by molar-refractivity contribution is 6.01. The number of fused-ring (bicyclic) bond motifs is 1. The van der Waals surface area contributed by atoms with Gasteiger partial charge in [0.05, 0.1) is 7.11 Å². The Hall–Kier alpha value is -2.89. The van der Waals surface area contributed by atoms with Crippen molar-refractivity contribution >= 4 is 11.7 Å². The second-order valence-electron chi connectivity index (χ2n) is 6.00. The first-order valence-corrected chi connectivity index (χ1v) is 8.29. The first-order valence-electron chi connectivity index (χ1n) is 8.29. The average Bonchev–Trinajstić information content (AvgIpc) is 2.61. The van der Waals surface area contributed by atoms with Crippen molar-refractivity contribution in [3.63, 3.8) is 0 Å². The number of Topliss-reactive ketones (excluding diaryl/α,β-unsaturated/α-hetero) is 1. The van der Waals surface area contributed by atoms with Crippen molar-refractivity contribution < 1.29 is 14.3 Å². The first kappa shape index (κ1) is 17.0. The summed E-state index contributed by atoms with van der Waals surface area (Å²) in [5.41, 5.74) is 1.59. The molecule has 1 aliphatic carbocycles. The second-order valence-corrected chi connectivity index (χ2v) is 6.00. The molecule has 0 fully saturated rings. The molecule has 25 heavy (non-hydrogen) atoms. The van der Waals surface area contributed by atoms with Gasteiger partial charge in [0.1, 0.15) is 11.3 Å². The Labute approximate surface area is 145 Å². The van der Waals surface area contributed by atoms with Crippen LogP contribution in [0.1, 0.15) is 44.8 Å². The van der Waals surface area contributed by atoms with E-state index >= 15 is 0 Å². The summed E-state index contributed by atoms with van der Waals surface area (Å²) in [6.07, 6.45) is 2.42. The van der Waals surface area contributed by atoms with Gasteiger partial charge in [0.15, 0.2) is 5.78 Å². The predicted molar refractivity (Wildman–Crippen MR) is 93.4 cm³/mol. The maximum Gasteiger partial charge on any atom is 0.261 e. The Balaban J connectivity index is 1.70. The molecule has 6 heteroatoms. The van der Waals surface area contributed by atoms with E-state index in [0.29, 0.717) is 37.1 Å². The lowest BCUT2D eigenvalue weighted by Crippen LogP contribution is -2.32. The molecule has 1 aliphatic rings. The molecule has 0 saturated heterocycles. The fourth-order valence-corrected chi connectivity index (χ4v) is 3.06. The van der Waals surface area contributed by atoms with Crippen LogP contribution in [0.15, 0.2) is 35.1 Å². The van der Waals surface area contributed by atoms with Crippen molar-refractivity contribution in [1.29, 1.82) is 0 Å². The molecule has 0 saturated carbocycles. The number of pyridine rings is 1. The molecule has 130 valence electrons. The van der Waals surface area contributed by atoms with Gasteiger partial charge in [0.2, 0.25) is 0 Å². The number of nitrogens with one attached hydrogen (secondary N) is 2. The molecule has 0 spiro atoms. The molecule has 3 rings (SSSR count). The van der Waals surface area contributed by atoms with Crippen molar-refractivity contribution in [2.45, 2.75) is 25.7 Å². The maximum absolute atomic E-state index is 12.3. The van der Waals surface area contributed by atoms with Crippen LogP contribution in [0.2, 0.25) is 0 Å². The SMILES string of the molecule is COc1ccccc1CCNC(=O)c1cc2c([nH]c1=O)CCCC2=O. The monoisotopic (exact) mass is 340 g/mol. The summed E-state index contributed by atoms with van der Waals surface area (Å²) >= 11 is 0. The van der Waals surface area contributed by atoms with Gasteiger partial charge in [-0.1, -0.05) is 18.2 Å². The number of ketones is 1. The molecule has 0 bridgehead atoms. The fourth-order valence-electron chi connectivity index (χ4n) is 3.06. The number of H-pyrrole nitrogens is 1. The Morgan fingerprint density at radius 2 is 2.04 bits per heavy atom. The first-order chi connectivity index (χ1) is 12.1. The Kier molecular flexibility index (Phi) is 4.97. The van der Waals surface area contributed by atoms with Gasteiger partial charge in [-0.25, -0.2) is 0 Å². The summed E-state index contributed by atoms with van der Waals surface area (Å²) in [5.74, 6) is 0.256. The average molecular weight is 340 g/mol. The number of benzene rings is 1. The summed E-state index contributed by atoms with van der Waals surface area (Å²) in [4.78, 5) is 39.1. The lowest BCUT2D eigenvalue weighted by molar-refractivity contribution is 0.0952. The van der Waals surface area contributed by atoms with Gasteiger partial charge >= 0.3 is 0 Å². The molecular formula is C19H20N2O4.